The van der Waals surface area contributed by atoms with E-state index in [1.165, 1.54) is 12.3 Å². The number of aromatic nitrogens is 2. The number of amides is 1. The first kappa shape index (κ1) is 17.4. The topological polar surface area (TPSA) is 72.1 Å². The number of fused-ring (bicyclic) bond motifs is 1. The minimum absolute atomic E-state index is 0.0443. The second kappa shape index (κ2) is 6.45. The van der Waals surface area contributed by atoms with Crippen molar-refractivity contribution in [3.63, 3.8) is 0 Å². The van der Waals surface area contributed by atoms with E-state index in [4.69, 9.17) is 4.42 Å². The van der Waals surface area contributed by atoms with Crippen LogP contribution in [0.1, 0.15) is 55.0 Å². The fourth-order valence-electron chi connectivity index (χ4n) is 2.76. The van der Waals surface area contributed by atoms with Crippen molar-refractivity contribution < 1.29 is 22.4 Å². The minimum atomic E-state index is -4.49. The first-order chi connectivity index (χ1) is 11.8. The van der Waals surface area contributed by atoms with Crippen molar-refractivity contribution in [1.29, 1.82) is 0 Å². The zero-order chi connectivity index (χ0) is 18.2. The van der Waals surface area contributed by atoms with Gasteiger partial charge >= 0.3 is 6.18 Å². The van der Waals surface area contributed by atoms with Gasteiger partial charge in [0.2, 0.25) is 0 Å². The van der Waals surface area contributed by atoms with E-state index in [1.54, 1.807) is 12.1 Å². The maximum atomic E-state index is 13.5. The van der Waals surface area contributed by atoms with E-state index in [0.717, 1.165) is 4.68 Å². The molecule has 0 spiro atoms. The second-order valence-corrected chi connectivity index (χ2v) is 6.15. The monoisotopic (exact) mass is 356 g/mol. The number of furan rings is 1. The van der Waals surface area contributed by atoms with Crippen LogP contribution in [0.3, 0.4) is 0 Å². The first-order valence-electron chi connectivity index (χ1n) is 8.06. The van der Waals surface area contributed by atoms with Crippen LogP contribution in [0.15, 0.2) is 28.9 Å². The zero-order valence-electron chi connectivity index (χ0n) is 13.8. The molecule has 0 bridgehead atoms. The summed E-state index contributed by atoms with van der Waals surface area (Å²) < 4.78 is 46.5. The van der Waals surface area contributed by atoms with Crippen LogP contribution in [0, 0.1) is 0 Å². The Morgan fingerprint density at radius 3 is 2.92 bits per heavy atom. The zero-order valence-corrected chi connectivity index (χ0v) is 13.8. The number of halogens is 3. The van der Waals surface area contributed by atoms with Crippen LogP contribution in [-0.4, -0.2) is 27.9 Å². The number of carbonyl (C=O) groups excluding carboxylic acids is 1. The number of nitrogens with zero attached hydrogens (tertiary/aromatic N) is 2. The first-order valence-corrected chi connectivity index (χ1v) is 8.06. The number of carbonyl (C=O) groups is 1. The van der Waals surface area contributed by atoms with Gasteiger partial charge in [-0.3, -0.25) is 4.79 Å². The summed E-state index contributed by atoms with van der Waals surface area (Å²) in [6.07, 6.45) is -2.63. The van der Waals surface area contributed by atoms with Gasteiger partial charge in [0.25, 0.3) is 5.91 Å². The molecule has 2 N–H and O–H groups in total. The van der Waals surface area contributed by atoms with Gasteiger partial charge in [0, 0.05) is 18.5 Å². The van der Waals surface area contributed by atoms with Gasteiger partial charge in [-0.2, -0.15) is 18.3 Å². The SMILES string of the molecule is CCC(C)NC(=O)c1cc2n(n1)C(C(F)(F)F)CC(c1ccco1)N2. The number of nitrogens with one attached hydrogen (secondary N) is 2. The Morgan fingerprint density at radius 1 is 1.56 bits per heavy atom. The highest BCUT2D eigenvalue weighted by Gasteiger charge is 2.47. The molecule has 2 aromatic rings. The van der Waals surface area contributed by atoms with E-state index in [9.17, 15) is 18.0 Å². The highest BCUT2D eigenvalue weighted by atomic mass is 19.4. The molecule has 25 heavy (non-hydrogen) atoms. The molecule has 0 saturated carbocycles. The van der Waals surface area contributed by atoms with Crippen LogP contribution in [0.4, 0.5) is 19.0 Å². The van der Waals surface area contributed by atoms with E-state index < -0.39 is 24.2 Å². The van der Waals surface area contributed by atoms with Crippen molar-refractivity contribution in [2.75, 3.05) is 5.32 Å². The van der Waals surface area contributed by atoms with Gasteiger partial charge < -0.3 is 15.1 Å². The molecule has 1 amide bonds. The Balaban J connectivity index is 1.92. The molecule has 3 unspecified atom stereocenters. The standard InChI is InChI=1S/C16H19F3N4O2/c1-3-9(2)20-15(24)11-8-14-21-10(12-5-4-6-25-12)7-13(16(17,18)19)23(14)22-11/h4-6,8-10,13,21H,3,7H2,1-2H3,(H,20,24). The van der Waals surface area contributed by atoms with Crippen molar-refractivity contribution in [3.05, 3.63) is 35.9 Å². The quantitative estimate of drug-likeness (QED) is 0.877. The molecule has 0 saturated heterocycles. The molecule has 9 heteroatoms. The Labute approximate surface area is 142 Å². The number of hydrogen-bond acceptors (Lipinski definition) is 4. The van der Waals surface area contributed by atoms with Crippen LogP contribution in [-0.2, 0) is 0 Å². The van der Waals surface area contributed by atoms with Crippen molar-refractivity contribution in [1.82, 2.24) is 15.1 Å². The summed E-state index contributed by atoms with van der Waals surface area (Å²) in [7, 11) is 0. The number of rotatable bonds is 4. The van der Waals surface area contributed by atoms with Crippen LogP contribution in [0.25, 0.3) is 0 Å². The van der Waals surface area contributed by atoms with Crippen molar-refractivity contribution in [3.8, 4) is 0 Å². The van der Waals surface area contributed by atoms with Gasteiger partial charge in [0.1, 0.15) is 11.6 Å². The van der Waals surface area contributed by atoms with E-state index in [-0.39, 0.29) is 24.0 Å². The smallest absolute Gasteiger partial charge is 0.410 e. The van der Waals surface area contributed by atoms with E-state index in [0.29, 0.717) is 12.2 Å². The average Bonchev–Trinajstić information content (AvgIpc) is 3.21. The molecule has 0 aromatic carbocycles. The highest BCUT2D eigenvalue weighted by molar-refractivity contribution is 5.93. The molecule has 0 radical (unpaired) electrons. The Bertz CT molecular complexity index is 739. The summed E-state index contributed by atoms with van der Waals surface area (Å²) in [4.78, 5) is 12.2. The lowest BCUT2D eigenvalue weighted by Crippen LogP contribution is -2.36. The maximum Gasteiger partial charge on any atom is 0.410 e. The largest absolute Gasteiger partial charge is 0.467 e. The van der Waals surface area contributed by atoms with Crippen LogP contribution >= 0.6 is 0 Å². The lowest BCUT2D eigenvalue weighted by molar-refractivity contribution is -0.174. The molecular formula is C16H19F3N4O2. The molecule has 136 valence electrons. The lowest BCUT2D eigenvalue weighted by atomic mass is 10.0. The Morgan fingerprint density at radius 2 is 2.32 bits per heavy atom. The molecule has 2 aromatic heterocycles. The minimum Gasteiger partial charge on any atom is -0.467 e. The molecule has 0 aliphatic carbocycles. The molecule has 3 atom stereocenters. The summed E-state index contributed by atoms with van der Waals surface area (Å²) in [5.74, 6) is 0.0603. The summed E-state index contributed by atoms with van der Waals surface area (Å²) >= 11 is 0. The number of anilines is 1. The molecule has 3 heterocycles. The number of alkyl halides is 3. The predicted octanol–water partition coefficient (Wildman–Crippen LogP) is 3.66. The van der Waals surface area contributed by atoms with Gasteiger partial charge in [-0.25, -0.2) is 4.68 Å². The summed E-state index contributed by atoms with van der Waals surface area (Å²) in [6, 6.07) is 2.02. The second-order valence-electron chi connectivity index (χ2n) is 6.15. The van der Waals surface area contributed by atoms with Gasteiger partial charge in [-0.05, 0) is 25.5 Å². The highest BCUT2D eigenvalue weighted by Crippen LogP contribution is 2.43. The van der Waals surface area contributed by atoms with Crippen molar-refractivity contribution >= 4 is 11.7 Å². The summed E-state index contributed by atoms with van der Waals surface area (Å²) in [6.45, 7) is 3.72. The van der Waals surface area contributed by atoms with Gasteiger partial charge in [0.15, 0.2) is 11.7 Å². The molecule has 1 aliphatic heterocycles. The predicted molar refractivity (Wildman–Crippen MR) is 84.2 cm³/mol. The molecule has 3 rings (SSSR count). The molecular weight excluding hydrogens is 337 g/mol. The van der Waals surface area contributed by atoms with Crippen molar-refractivity contribution in [2.45, 2.75) is 51.0 Å². The Hall–Kier alpha value is -2.45. The third-order valence-corrected chi connectivity index (χ3v) is 4.30. The average molecular weight is 356 g/mol. The number of hydrogen-bond donors (Lipinski definition) is 2. The molecule has 0 fully saturated rings. The lowest BCUT2D eigenvalue weighted by Gasteiger charge is -2.32. The summed E-state index contributed by atoms with van der Waals surface area (Å²) in [5, 5.41) is 9.57. The van der Waals surface area contributed by atoms with Gasteiger partial charge in [0.05, 0.1) is 12.3 Å². The third kappa shape index (κ3) is 3.49. The molecule has 1 aliphatic rings. The van der Waals surface area contributed by atoms with Gasteiger partial charge in [-0.15, -0.1) is 0 Å². The normalized spacial score (nSPS) is 21.3. The fourth-order valence-corrected chi connectivity index (χ4v) is 2.76. The molecule has 6 nitrogen and oxygen atoms in total. The summed E-state index contributed by atoms with van der Waals surface area (Å²) in [5.41, 5.74) is -0.0443. The van der Waals surface area contributed by atoms with E-state index in [1.807, 2.05) is 13.8 Å². The van der Waals surface area contributed by atoms with Crippen LogP contribution in [0.5, 0.6) is 0 Å². The maximum absolute atomic E-state index is 13.5. The fraction of sp³-hybridized carbons (Fsp3) is 0.500. The van der Waals surface area contributed by atoms with Gasteiger partial charge in [-0.1, -0.05) is 6.92 Å². The van der Waals surface area contributed by atoms with E-state index in [2.05, 4.69) is 15.7 Å². The van der Waals surface area contributed by atoms with Crippen LogP contribution < -0.4 is 10.6 Å². The Kier molecular flexibility index (Phi) is 4.49. The van der Waals surface area contributed by atoms with Crippen LogP contribution in [0.2, 0.25) is 0 Å². The van der Waals surface area contributed by atoms with Crippen molar-refractivity contribution in [2.24, 2.45) is 0 Å². The third-order valence-electron chi connectivity index (χ3n) is 4.30. The van der Waals surface area contributed by atoms with E-state index >= 15 is 0 Å².